The van der Waals surface area contributed by atoms with Crippen molar-refractivity contribution in [3.8, 4) is 0 Å². The van der Waals surface area contributed by atoms with Crippen LogP contribution in [-0.2, 0) is 6.42 Å². The lowest BCUT2D eigenvalue weighted by Crippen LogP contribution is -2.26. The van der Waals surface area contributed by atoms with Crippen LogP contribution in [0.4, 0.5) is 5.69 Å². The molecule has 3 N–H and O–H groups in total. The van der Waals surface area contributed by atoms with Crippen LogP contribution >= 0.6 is 0 Å². The summed E-state index contributed by atoms with van der Waals surface area (Å²) in [6, 6.07) is 9.39. The number of anilines is 1. The van der Waals surface area contributed by atoms with E-state index >= 15 is 0 Å². The van der Waals surface area contributed by atoms with Crippen molar-refractivity contribution in [1.29, 1.82) is 0 Å². The second-order valence-electron chi connectivity index (χ2n) is 4.93. The highest BCUT2D eigenvalue weighted by molar-refractivity contribution is 5.91. The van der Waals surface area contributed by atoms with Gasteiger partial charge in [-0.25, -0.2) is 0 Å². The molecule has 2 aromatic rings. The number of carbonyl (C=O) groups is 1. The van der Waals surface area contributed by atoms with Crippen molar-refractivity contribution in [2.45, 2.75) is 25.8 Å². The van der Waals surface area contributed by atoms with Crippen molar-refractivity contribution in [1.82, 2.24) is 5.32 Å². The molecule has 1 unspecified atom stereocenters. The van der Waals surface area contributed by atoms with Gasteiger partial charge in [-0.2, -0.15) is 0 Å². The first-order valence-corrected chi connectivity index (χ1v) is 6.39. The summed E-state index contributed by atoms with van der Waals surface area (Å²) in [6.45, 7) is 1.82. The average molecular weight is 256 g/mol. The minimum atomic E-state index is -0.164. The topological polar surface area (TPSA) is 68.3 Å². The zero-order valence-electron chi connectivity index (χ0n) is 10.8. The second-order valence-corrected chi connectivity index (χ2v) is 4.93. The van der Waals surface area contributed by atoms with E-state index in [1.165, 1.54) is 5.56 Å². The van der Waals surface area contributed by atoms with E-state index in [1.54, 1.807) is 12.1 Å². The first-order valence-electron chi connectivity index (χ1n) is 6.39. The molecule has 3 rings (SSSR count). The van der Waals surface area contributed by atoms with Crippen LogP contribution in [0.5, 0.6) is 0 Å². The predicted molar refractivity (Wildman–Crippen MR) is 72.8 cm³/mol. The molecular formula is C15H16N2O2. The lowest BCUT2D eigenvalue weighted by atomic mass is 10.1. The third-order valence-corrected chi connectivity index (χ3v) is 3.51. The Bertz CT molecular complexity index is 631. The van der Waals surface area contributed by atoms with E-state index in [9.17, 15) is 4.79 Å². The molecule has 1 atom stereocenters. The third kappa shape index (κ3) is 2.21. The number of hydrogen-bond acceptors (Lipinski definition) is 3. The van der Waals surface area contributed by atoms with Crippen LogP contribution in [0.3, 0.4) is 0 Å². The number of carbonyl (C=O) groups excluding carboxylic acids is 1. The van der Waals surface area contributed by atoms with Crippen LogP contribution in [0.25, 0.3) is 0 Å². The molecule has 1 heterocycles. The molecule has 0 radical (unpaired) electrons. The van der Waals surface area contributed by atoms with E-state index in [0.29, 0.717) is 5.76 Å². The van der Waals surface area contributed by atoms with Gasteiger partial charge in [0.2, 0.25) is 0 Å². The number of benzene rings is 1. The Labute approximate surface area is 111 Å². The van der Waals surface area contributed by atoms with Crippen LogP contribution in [-0.4, -0.2) is 5.91 Å². The lowest BCUT2D eigenvalue weighted by Gasteiger charge is -2.13. The Hall–Kier alpha value is -2.23. The largest absolute Gasteiger partial charge is 0.456 e. The Morgan fingerprint density at radius 2 is 2.21 bits per heavy atom. The van der Waals surface area contributed by atoms with Crippen molar-refractivity contribution in [3.05, 3.63) is 53.0 Å². The fourth-order valence-corrected chi connectivity index (χ4v) is 2.57. The molecule has 1 aromatic heterocycles. The molecule has 1 amide bonds. The highest BCUT2D eigenvalue weighted by Crippen LogP contribution is 2.32. The standard InChI is InChI=1S/C15H16N2O2/c1-9-2-7-14(19-9)15(18)17-13-6-3-10-8-11(16)4-5-12(10)13/h2,4-5,7-8,13H,3,6,16H2,1H3,(H,17,18). The summed E-state index contributed by atoms with van der Waals surface area (Å²) in [6.07, 6.45) is 1.85. The van der Waals surface area contributed by atoms with Gasteiger partial charge in [-0.05, 0) is 55.2 Å². The van der Waals surface area contributed by atoms with Gasteiger partial charge in [0, 0.05) is 5.69 Å². The smallest absolute Gasteiger partial charge is 0.287 e. The van der Waals surface area contributed by atoms with Crippen LogP contribution < -0.4 is 11.1 Å². The Balaban J connectivity index is 1.78. The van der Waals surface area contributed by atoms with Gasteiger partial charge in [0.25, 0.3) is 5.91 Å². The van der Waals surface area contributed by atoms with Gasteiger partial charge >= 0.3 is 0 Å². The zero-order chi connectivity index (χ0) is 13.4. The molecule has 0 bridgehead atoms. The SMILES string of the molecule is Cc1ccc(C(=O)NC2CCc3cc(N)ccc32)o1. The molecule has 1 aliphatic carbocycles. The Morgan fingerprint density at radius 1 is 1.37 bits per heavy atom. The highest BCUT2D eigenvalue weighted by Gasteiger charge is 2.25. The Morgan fingerprint density at radius 3 is 2.95 bits per heavy atom. The fourth-order valence-electron chi connectivity index (χ4n) is 2.57. The molecule has 98 valence electrons. The molecule has 0 spiro atoms. The maximum absolute atomic E-state index is 12.1. The first kappa shape index (κ1) is 11.8. The molecule has 0 saturated heterocycles. The summed E-state index contributed by atoms with van der Waals surface area (Å²) >= 11 is 0. The van der Waals surface area contributed by atoms with E-state index in [4.69, 9.17) is 10.2 Å². The summed E-state index contributed by atoms with van der Waals surface area (Å²) in [4.78, 5) is 12.1. The van der Waals surface area contributed by atoms with E-state index in [2.05, 4.69) is 5.32 Å². The van der Waals surface area contributed by atoms with Crippen LogP contribution in [0.15, 0.2) is 34.7 Å². The minimum Gasteiger partial charge on any atom is -0.456 e. The molecular weight excluding hydrogens is 240 g/mol. The van der Waals surface area contributed by atoms with E-state index < -0.39 is 0 Å². The summed E-state index contributed by atoms with van der Waals surface area (Å²) in [5, 5.41) is 3.01. The van der Waals surface area contributed by atoms with E-state index in [-0.39, 0.29) is 11.9 Å². The van der Waals surface area contributed by atoms with E-state index in [1.807, 2.05) is 25.1 Å². The van der Waals surface area contributed by atoms with Gasteiger partial charge in [0.15, 0.2) is 5.76 Å². The quantitative estimate of drug-likeness (QED) is 0.811. The average Bonchev–Trinajstić information content (AvgIpc) is 2.96. The Kier molecular flexibility index (Phi) is 2.78. The molecule has 1 aromatic carbocycles. The second kappa shape index (κ2) is 4.46. The van der Waals surface area contributed by atoms with Gasteiger partial charge in [0.05, 0.1) is 6.04 Å². The molecule has 19 heavy (non-hydrogen) atoms. The number of amides is 1. The van der Waals surface area contributed by atoms with Crippen LogP contribution in [0, 0.1) is 6.92 Å². The summed E-state index contributed by atoms with van der Waals surface area (Å²) in [5.41, 5.74) is 8.92. The molecule has 1 aliphatic rings. The molecule has 0 saturated carbocycles. The maximum Gasteiger partial charge on any atom is 0.287 e. The zero-order valence-corrected chi connectivity index (χ0v) is 10.8. The minimum absolute atomic E-state index is 0.0495. The van der Waals surface area contributed by atoms with Gasteiger partial charge in [-0.15, -0.1) is 0 Å². The molecule has 0 aliphatic heterocycles. The number of rotatable bonds is 2. The number of fused-ring (bicyclic) bond motifs is 1. The van der Waals surface area contributed by atoms with Crippen molar-refractivity contribution in [2.24, 2.45) is 0 Å². The normalized spacial score (nSPS) is 17.2. The van der Waals surface area contributed by atoms with Gasteiger partial charge < -0.3 is 15.5 Å². The van der Waals surface area contributed by atoms with Crippen molar-refractivity contribution < 1.29 is 9.21 Å². The van der Waals surface area contributed by atoms with Crippen molar-refractivity contribution in [2.75, 3.05) is 5.73 Å². The number of nitrogens with one attached hydrogen (secondary N) is 1. The van der Waals surface area contributed by atoms with E-state index in [0.717, 1.165) is 29.9 Å². The molecule has 4 nitrogen and oxygen atoms in total. The molecule has 4 heteroatoms. The number of hydrogen-bond donors (Lipinski definition) is 2. The van der Waals surface area contributed by atoms with Crippen LogP contribution in [0.1, 0.15) is 39.9 Å². The van der Waals surface area contributed by atoms with Gasteiger partial charge in [-0.1, -0.05) is 6.07 Å². The number of nitrogen functional groups attached to an aromatic ring is 1. The van der Waals surface area contributed by atoms with Crippen molar-refractivity contribution in [3.63, 3.8) is 0 Å². The number of nitrogens with two attached hydrogens (primary N) is 1. The van der Waals surface area contributed by atoms with Gasteiger partial charge in [0.1, 0.15) is 5.76 Å². The van der Waals surface area contributed by atoms with Crippen molar-refractivity contribution >= 4 is 11.6 Å². The fraction of sp³-hybridized carbons (Fsp3) is 0.267. The maximum atomic E-state index is 12.1. The lowest BCUT2D eigenvalue weighted by molar-refractivity contribution is 0.0907. The third-order valence-electron chi connectivity index (χ3n) is 3.51. The number of furan rings is 1. The molecule has 0 fully saturated rings. The monoisotopic (exact) mass is 256 g/mol. The highest BCUT2D eigenvalue weighted by atomic mass is 16.3. The van der Waals surface area contributed by atoms with Crippen LogP contribution in [0.2, 0.25) is 0 Å². The predicted octanol–water partition coefficient (Wildman–Crippen LogP) is 2.59. The summed E-state index contributed by atoms with van der Waals surface area (Å²) in [7, 11) is 0. The summed E-state index contributed by atoms with van der Waals surface area (Å²) in [5.74, 6) is 0.939. The summed E-state index contributed by atoms with van der Waals surface area (Å²) < 4.78 is 5.33. The van der Waals surface area contributed by atoms with Gasteiger partial charge in [-0.3, -0.25) is 4.79 Å². The number of aryl methyl sites for hydroxylation is 2. The first-order chi connectivity index (χ1) is 9.13.